The average molecular weight is 373 g/mol. The molecule has 0 spiro atoms. The van der Waals surface area contributed by atoms with Crippen molar-refractivity contribution < 1.29 is 4.79 Å². The molecule has 0 fully saturated rings. The van der Waals surface area contributed by atoms with E-state index in [0.717, 1.165) is 22.1 Å². The van der Waals surface area contributed by atoms with Gasteiger partial charge in [0.1, 0.15) is 6.33 Å². The van der Waals surface area contributed by atoms with Crippen molar-refractivity contribution in [2.24, 2.45) is 0 Å². The number of carbonyl (C=O) groups is 1. The summed E-state index contributed by atoms with van der Waals surface area (Å²) in [4.78, 5) is 12.0. The summed E-state index contributed by atoms with van der Waals surface area (Å²) in [5.41, 5.74) is 2.72. The van der Waals surface area contributed by atoms with E-state index in [1.54, 1.807) is 6.33 Å². The summed E-state index contributed by atoms with van der Waals surface area (Å²) in [7, 11) is 0. The molecule has 7 heteroatoms. The van der Waals surface area contributed by atoms with Crippen LogP contribution in [0.4, 0.5) is 5.69 Å². The van der Waals surface area contributed by atoms with Gasteiger partial charge in [-0.15, -0.1) is 10.2 Å². The number of carbonyl (C=O) groups excluding carboxylic acids is 1. The molecule has 5 nitrogen and oxygen atoms in total. The third-order valence-electron chi connectivity index (χ3n) is 3.57. The number of amides is 1. The van der Waals surface area contributed by atoms with Gasteiger partial charge in [-0.2, -0.15) is 0 Å². The summed E-state index contributed by atoms with van der Waals surface area (Å²) in [6.07, 6.45) is 2.04. The fraction of sp³-hybridized carbons (Fsp3) is 0.167. The fourth-order valence-electron chi connectivity index (χ4n) is 2.21. The summed E-state index contributed by atoms with van der Waals surface area (Å²) < 4.78 is 1.87. The first-order valence-electron chi connectivity index (χ1n) is 7.78. The topological polar surface area (TPSA) is 59.8 Å². The quantitative estimate of drug-likeness (QED) is 0.653. The maximum atomic E-state index is 12.0. The lowest BCUT2D eigenvalue weighted by Crippen LogP contribution is -2.12. The summed E-state index contributed by atoms with van der Waals surface area (Å²) in [5, 5.41) is 12.4. The van der Waals surface area contributed by atoms with Gasteiger partial charge >= 0.3 is 0 Å². The molecule has 25 heavy (non-hydrogen) atoms. The van der Waals surface area contributed by atoms with Crippen LogP contribution in [0.5, 0.6) is 0 Å². The fourth-order valence-corrected chi connectivity index (χ4v) is 3.25. The number of anilines is 1. The van der Waals surface area contributed by atoms with Crippen LogP contribution in [0.15, 0.2) is 60.0 Å². The van der Waals surface area contributed by atoms with Gasteiger partial charge in [0.05, 0.1) is 5.69 Å². The Kier molecular flexibility index (Phi) is 5.73. The number of hydrogen-bond acceptors (Lipinski definition) is 4. The summed E-state index contributed by atoms with van der Waals surface area (Å²) >= 11 is 7.68. The molecule has 3 rings (SSSR count). The zero-order valence-corrected chi connectivity index (χ0v) is 15.2. The molecule has 0 unspecified atom stereocenters. The first kappa shape index (κ1) is 17.5. The predicted octanol–water partition coefficient (Wildman–Crippen LogP) is 4.35. The first-order valence-corrected chi connectivity index (χ1v) is 9.14. The highest BCUT2D eigenvalue weighted by atomic mass is 35.5. The molecule has 0 aliphatic heterocycles. The lowest BCUT2D eigenvalue weighted by molar-refractivity contribution is -0.115. The van der Waals surface area contributed by atoms with Crippen molar-refractivity contribution in [2.75, 3.05) is 11.1 Å². The molecule has 1 amide bonds. The number of rotatable bonds is 6. The number of para-hydroxylation sites is 1. The molecule has 1 heterocycles. The van der Waals surface area contributed by atoms with E-state index in [1.165, 1.54) is 11.8 Å². The Morgan fingerprint density at radius 1 is 1.24 bits per heavy atom. The van der Waals surface area contributed by atoms with Crippen LogP contribution in [0, 0.1) is 6.92 Å². The Labute approximate surface area is 155 Å². The summed E-state index contributed by atoms with van der Waals surface area (Å²) in [5.74, 6) is 0.583. The molecule has 0 saturated heterocycles. The Hall–Kier alpha value is -2.31. The van der Waals surface area contributed by atoms with E-state index in [2.05, 4.69) is 15.5 Å². The second-order valence-corrected chi connectivity index (χ2v) is 6.90. The van der Waals surface area contributed by atoms with Gasteiger partial charge in [0.15, 0.2) is 5.16 Å². The van der Waals surface area contributed by atoms with Gasteiger partial charge < -0.3 is 5.32 Å². The Morgan fingerprint density at radius 3 is 2.80 bits per heavy atom. The Morgan fingerprint density at radius 2 is 2.04 bits per heavy atom. The van der Waals surface area contributed by atoms with E-state index >= 15 is 0 Å². The minimum atomic E-state index is -0.0249. The van der Waals surface area contributed by atoms with E-state index < -0.39 is 0 Å². The maximum Gasteiger partial charge on any atom is 0.225 e. The van der Waals surface area contributed by atoms with Crippen LogP contribution >= 0.6 is 23.4 Å². The Bertz CT molecular complexity index is 867. The zero-order valence-electron chi connectivity index (χ0n) is 13.6. The van der Waals surface area contributed by atoms with E-state index in [4.69, 9.17) is 11.6 Å². The number of halogens is 1. The highest BCUT2D eigenvalue weighted by Crippen LogP contribution is 2.24. The van der Waals surface area contributed by atoms with Gasteiger partial charge in [0.2, 0.25) is 5.91 Å². The second-order valence-electron chi connectivity index (χ2n) is 5.43. The molecule has 0 saturated carbocycles. The van der Waals surface area contributed by atoms with Crippen LogP contribution in [0.1, 0.15) is 12.0 Å². The molecule has 0 aliphatic carbocycles. The second kappa shape index (κ2) is 8.18. The maximum absolute atomic E-state index is 12.0. The summed E-state index contributed by atoms with van der Waals surface area (Å²) in [6.45, 7) is 1.96. The lowest BCUT2D eigenvalue weighted by atomic mass is 10.2. The predicted molar refractivity (Wildman–Crippen MR) is 102 cm³/mol. The van der Waals surface area contributed by atoms with Crippen molar-refractivity contribution in [2.45, 2.75) is 18.5 Å². The number of aromatic nitrogens is 3. The molecular formula is C18H17ClN4OS. The molecule has 2 aromatic carbocycles. The molecule has 128 valence electrons. The molecule has 0 atom stereocenters. The monoisotopic (exact) mass is 372 g/mol. The zero-order chi connectivity index (χ0) is 17.6. The van der Waals surface area contributed by atoms with Gasteiger partial charge in [-0.25, -0.2) is 0 Å². The van der Waals surface area contributed by atoms with Gasteiger partial charge in [0, 0.05) is 22.9 Å². The number of benzene rings is 2. The van der Waals surface area contributed by atoms with Crippen molar-refractivity contribution >= 4 is 35.0 Å². The van der Waals surface area contributed by atoms with Crippen LogP contribution < -0.4 is 5.32 Å². The largest absolute Gasteiger partial charge is 0.326 e. The number of thioether (sulfide) groups is 1. The van der Waals surface area contributed by atoms with E-state index in [-0.39, 0.29) is 5.91 Å². The molecule has 0 radical (unpaired) electrons. The van der Waals surface area contributed by atoms with Crippen LogP contribution in [0.2, 0.25) is 5.02 Å². The third-order valence-corrected chi connectivity index (χ3v) is 4.92. The number of nitrogens with zero attached hydrogens (tertiary/aromatic N) is 3. The molecule has 0 bridgehead atoms. The van der Waals surface area contributed by atoms with Crippen LogP contribution in [0.3, 0.4) is 0 Å². The van der Waals surface area contributed by atoms with Crippen molar-refractivity contribution in [1.29, 1.82) is 0 Å². The standard InChI is InChI=1S/C18H17ClN4OS/c1-13-7-8-15(11-16(13)19)23-12-20-22-18(23)25-10-9-17(24)21-14-5-3-2-4-6-14/h2-8,11-12H,9-10H2,1H3,(H,21,24). The smallest absolute Gasteiger partial charge is 0.225 e. The lowest BCUT2D eigenvalue weighted by Gasteiger charge is -2.08. The highest BCUT2D eigenvalue weighted by molar-refractivity contribution is 7.99. The average Bonchev–Trinajstić information content (AvgIpc) is 3.07. The number of aryl methyl sites for hydroxylation is 1. The van der Waals surface area contributed by atoms with Crippen LogP contribution in [0.25, 0.3) is 5.69 Å². The molecular weight excluding hydrogens is 356 g/mol. The Balaban J connectivity index is 1.58. The molecule has 1 aromatic heterocycles. The van der Waals surface area contributed by atoms with E-state index in [0.29, 0.717) is 17.2 Å². The minimum absolute atomic E-state index is 0.0249. The molecule has 1 N–H and O–H groups in total. The number of nitrogens with one attached hydrogen (secondary N) is 1. The highest BCUT2D eigenvalue weighted by Gasteiger charge is 2.10. The van der Waals surface area contributed by atoms with Crippen LogP contribution in [-0.4, -0.2) is 26.4 Å². The van der Waals surface area contributed by atoms with Crippen molar-refractivity contribution in [3.8, 4) is 5.69 Å². The van der Waals surface area contributed by atoms with Crippen molar-refractivity contribution in [3.05, 3.63) is 65.4 Å². The van der Waals surface area contributed by atoms with Gasteiger partial charge in [-0.05, 0) is 36.8 Å². The normalized spacial score (nSPS) is 10.6. The number of hydrogen-bond donors (Lipinski definition) is 1. The third kappa shape index (κ3) is 4.61. The van der Waals surface area contributed by atoms with Gasteiger partial charge in [-0.3, -0.25) is 9.36 Å². The van der Waals surface area contributed by atoms with Gasteiger partial charge in [-0.1, -0.05) is 47.6 Å². The van der Waals surface area contributed by atoms with E-state index in [9.17, 15) is 4.79 Å². The molecule has 0 aliphatic rings. The molecule has 3 aromatic rings. The van der Waals surface area contributed by atoms with Crippen LogP contribution in [-0.2, 0) is 4.79 Å². The van der Waals surface area contributed by atoms with E-state index in [1.807, 2.05) is 60.0 Å². The van der Waals surface area contributed by atoms with Crippen molar-refractivity contribution in [3.63, 3.8) is 0 Å². The minimum Gasteiger partial charge on any atom is -0.326 e. The first-order chi connectivity index (χ1) is 12.1. The SMILES string of the molecule is Cc1ccc(-n2cnnc2SCCC(=O)Nc2ccccc2)cc1Cl. The van der Waals surface area contributed by atoms with Crippen molar-refractivity contribution in [1.82, 2.24) is 14.8 Å². The van der Waals surface area contributed by atoms with Gasteiger partial charge in [0.25, 0.3) is 0 Å². The summed E-state index contributed by atoms with van der Waals surface area (Å²) in [6, 6.07) is 15.2.